The van der Waals surface area contributed by atoms with E-state index in [4.69, 9.17) is 11.6 Å². The van der Waals surface area contributed by atoms with Crippen LogP contribution in [0.2, 0.25) is 5.02 Å². The quantitative estimate of drug-likeness (QED) is 0.373. The van der Waals surface area contributed by atoms with Crippen molar-refractivity contribution in [3.05, 3.63) is 65.3 Å². The zero-order valence-electron chi connectivity index (χ0n) is 21.0. The van der Waals surface area contributed by atoms with Crippen molar-refractivity contribution in [2.24, 2.45) is 0 Å². The average molecular weight is 512 g/mol. The Balaban J connectivity index is 1.42. The number of rotatable bonds is 8. The Morgan fingerprint density at radius 2 is 1.71 bits per heavy atom. The van der Waals surface area contributed by atoms with Gasteiger partial charge in [0.25, 0.3) is 0 Å². The smallest absolute Gasteiger partial charge is 0.229 e. The zero-order valence-corrected chi connectivity index (χ0v) is 22.6. The molecular weight excluding hydrogens is 478 g/mol. The monoisotopic (exact) mass is 511 g/mol. The van der Waals surface area contributed by atoms with Gasteiger partial charge in [0, 0.05) is 42.3 Å². The van der Waals surface area contributed by atoms with E-state index in [1.165, 1.54) is 5.56 Å². The number of anilines is 4. The summed E-state index contributed by atoms with van der Waals surface area (Å²) >= 11 is 8.04. The highest BCUT2D eigenvalue weighted by molar-refractivity contribution is 7.97. The van der Waals surface area contributed by atoms with Gasteiger partial charge >= 0.3 is 0 Å². The highest BCUT2D eigenvalue weighted by Crippen LogP contribution is 2.32. The molecule has 0 amide bonds. The minimum Gasteiger partial charge on any atom is -0.338 e. The maximum atomic E-state index is 6.41. The first-order chi connectivity index (χ1) is 16.8. The van der Waals surface area contributed by atoms with Crippen molar-refractivity contribution in [3.63, 3.8) is 0 Å². The lowest BCUT2D eigenvalue weighted by Gasteiger charge is -2.42. The summed E-state index contributed by atoms with van der Waals surface area (Å²) in [6.07, 6.45) is 1.62. The second kappa shape index (κ2) is 11.6. The van der Waals surface area contributed by atoms with Crippen molar-refractivity contribution < 1.29 is 0 Å². The molecule has 0 aliphatic carbocycles. The summed E-state index contributed by atoms with van der Waals surface area (Å²) < 4.78 is 2.05. The van der Waals surface area contributed by atoms with Crippen molar-refractivity contribution in [1.82, 2.24) is 24.1 Å². The Morgan fingerprint density at radius 1 is 1.03 bits per heavy atom. The molecule has 1 aromatic heterocycles. The minimum atomic E-state index is 0.464. The number of para-hydroxylation sites is 1. The lowest BCUT2D eigenvalue weighted by Crippen LogP contribution is -2.54. The van der Waals surface area contributed by atoms with Gasteiger partial charge in [-0.25, -0.2) is 4.98 Å². The van der Waals surface area contributed by atoms with E-state index in [1.807, 2.05) is 36.6 Å². The van der Waals surface area contributed by atoms with Gasteiger partial charge in [-0.2, -0.15) is 4.98 Å². The lowest BCUT2D eigenvalue weighted by atomic mass is 10.1. The van der Waals surface area contributed by atoms with E-state index >= 15 is 0 Å². The molecule has 2 heterocycles. The van der Waals surface area contributed by atoms with Crippen LogP contribution in [0.3, 0.4) is 0 Å². The summed E-state index contributed by atoms with van der Waals surface area (Å²) in [5, 5.41) is 7.12. The van der Waals surface area contributed by atoms with E-state index in [-0.39, 0.29) is 0 Å². The number of aromatic nitrogens is 2. The highest BCUT2D eigenvalue weighted by atomic mass is 35.5. The van der Waals surface area contributed by atoms with Crippen molar-refractivity contribution >= 4 is 46.7 Å². The molecule has 1 saturated heterocycles. The Labute approximate surface area is 218 Å². The maximum absolute atomic E-state index is 6.41. The number of likely N-dealkylation sites (N-methyl/N-ethyl adjacent to an activating group) is 1. The van der Waals surface area contributed by atoms with Crippen LogP contribution in [0.1, 0.15) is 19.4 Å². The molecule has 2 unspecified atom stereocenters. The first-order valence-corrected chi connectivity index (χ1v) is 13.0. The molecule has 9 heteroatoms. The molecule has 3 aromatic rings. The van der Waals surface area contributed by atoms with Gasteiger partial charge in [-0.05, 0) is 76.8 Å². The summed E-state index contributed by atoms with van der Waals surface area (Å²) in [7, 11) is 6.24. The largest absolute Gasteiger partial charge is 0.338 e. The fourth-order valence-corrected chi connectivity index (χ4v) is 5.10. The van der Waals surface area contributed by atoms with E-state index in [0.29, 0.717) is 28.9 Å². The Kier molecular flexibility index (Phi) is 8.51. The summed E-state index contributed by atoms with van der Waals surface area (Å²) in [6, 6.07) is 17.7. The standard InChI is InChI=1S/C26H34ClN7S/c1-18-15-34(16-19(2)33(18)5)17-20-10-12-21(13-11-20)29-26-28-14-22(27)25(31-26)30-23-8-6-7-9-24(23)35-32(3)4/h6-14,18-19H,15-17H2,1-5H3,(H2,28,29,30,31). The first-order valence-electron chi connectivity index (χ1n) is 11.8. The number of hydrogen-bond acceptors (Lipinski definition) is 8. The van der Waals surface area contributed by atoms with Gasteiger partial charge in [0.05, 0.1) is 11.9 Å². The van der Waals surface area contributed by atoms with Gasteiger partial charge < -0.3 is 10.6 Å². The molecule has 2 atom stereocenters. The summed E-state index contributed by atoms with van der Waals surface area (Å²) in [4.78, 5) is 15.1. The molecule has 7 nitrogen and oxygen atoms in total. The van der Waals surface area contributed by atoms with Crippen LogP contribution in [0.25, 0.3) is 0 Å². The van der Waals surface area contributed by atoms with Crippen molar-refractivity contribution in [1.29, 1.82) is 0 Å². The van der Waals surface area contributed by atoms with E-state index in [1.54, 1.807) is 18.1 Å². The van der Waals surface area contributed by atoms with Crippen LogP contribution in [-0.4, -0.2) is 70.4 Å². The van der Waals surface area contributed by atoms with E-state index in [9.17, 15) is 0 Å². The van der Waals surface area contributed by atoms with Crippen molar-refractivity contribution in [2.75, 3.05) is 44.9 Å². The van der Waals surface area contributed by atoms with Crippen LogP contribution in [0.15, 0.2) is 59.6 Å². The van der Waals surface area contributed by atoms with E-state index in [0.717, 1.165) is 35.9 Å². The maximum Gasteiger partial charge on any atom is 0.229 e. The predicted octanol–water partition coefficient (Wildman–Crippen LogP) is 5.71. The molecule has 2 aromatic carbocycles. The lowest BCUT2D eigenvalue weighted by molar-refractivity contribution is 0.0556. The van der Waals surface area contributed by atoms with Crippen LogP contribution in [0, 0.1) is 0 Å². The molecule has 1 aliphatic heterocycles. The van der Waals surface area contributed by atoms with Gasteiger partial charge in [0.2, 0.25) is 5.95 Å². The number of halogens is 1. The third kappa shape index (κ3) is 6.86. The molecule has 0 radical (unpaired) electrons. The first kappa shape index (κ1) is 25.7. The van der Waals surface area contributed by atoms with E-state index < -0.39 is 0 Å². The van der Waals surface area contributed by atoms with Gasteiger partial charge in [-0.1, -0.05) is 35.9 Å². The number of piperazine rings is 1. The highest BCUT2D eigenvalue weighted by Gasteiger charge is 2.26. The van der Waals surface area contributed by atoms with Gasteiger partial charge in [-0.15, -0.1) is 0 Å². The van der Waals surface area contributed by atoms with E-state index in [2.05, 4.69) is 81.6 Å². The second-order valence-electron chi connectivity index (χ2n) is 9.29. The number of hydrogen-bond donors (Lipinski definition) is 2. The third-order valence-electron chi connectivity index (χ3n) is 6.22. The minimum absolute atomic E-state index is 0.464. The second-order valence-corrected chi connectivity index (χ2v) is 11.1. The molecule has 4 rings (SSSR count). The third-order valence-corrected chi connectivity index (χ3v) is 7.41. The number of nitrogens with zero attached hydrogens (tertiary/aromatic N) is 5. The predicted molar refractivity (Wildman–Crippen MR) is 148 cm³/mol. The van der Waals surface area contributed by atoms with Crippen LogP contribution >= 0.6 is 23.5 Å². The van der Waals surface area contributed by atoms with Crippen LogP contribution in [0.4, 0.5) is 23.1 Å². The summed E-state index contributed by atoms with van der Waals surface area (Å²) in [6.45, 7) is 7.73. The average Bonchev–Trinajstić information content (AvgIpc) is 2.82. The van der Waals surface area contributed by atoms with Crippen molar-refractivity contribution in [3.8, 4) is 0 Å². The molecule has 0 spiro atoms. The molecule has 1 fully saturated rings. The fourth-order valence-electron chi connectivity index (χ4n) is 4.21. The topological polar surface area (TPSA) is 59.6 Å². The molecule has 0 saturated carbocycles. The van der Waals surface area contributed by atoms with Gasteiger partial charge in [-0.3, -0.25) is 14.1 Å². The SMILES string of the molecule is CC1CN(Cc2ccc(Nc3ncc(Cl)c(Nc4ccccc4SN(C)C)n3)cc2)CC(C)N1C. The molecule has 2 N–H and O–H groups in total. The van der Waals surface area contributed by atoms with Crippen LogP contribution in [0.5, 0.6) is 0 Å². The van der Waals surface area contributed by atoms with Crippen LogP contribution in [-0.2, 0) is 6.54 Å². The van der Waals surface area contributed by atoms with Crippen LogP contribution < -0.4 is 10.6 Å². The summed E-state index contributed by atoms with van der Waals surface area (Å²) in [5.74, 6) is 1.05. The molecule has 186 valence electrons. The Bertz CT molecular complexity index is 1110. The van der Waals surface area contributed by atoms with Gasteiger partial charge in [0.15, 0.2) is 5.82 Å². The normalized spacial score (nSPS) is 19.2. The Hall–Kier alpha value is -2.36. The number of benzene rings is 2. The molecule has 35 heavy (non-hydrogen) atoms. The molecule has 0 bridgehead atoms. The van der Waals surface area contributed by atoms with Crippen molar-refractivity contribution in [2.45, 2.75) is 37.4 Å². The van der Waals surface area contributed by atoms with Gasteiger partial charge in [0.1, 0.15) is 5.02 Å². The number of nitrogens with one attached hydrogen (secondary N) is 2. The Morgan fingerprint density at radius 3 is 2.40 bits per heavy atom. The summed E-state index contributed by atoms with van der Waals surface area (Å²) in [5.41, 5.74) is 3.18. The molecular formula is C26H34ClN7S. The molecule has 1 aliphatic rings. The zero-order chi connectivity index (χ0) is 24.9. The fraction of sp³-hybridized carbons (Fsp3) is 0.385.